The Kier molecular flexibility index (Phi) is 12.6. The number of rotatable bonds is 17. The van der Waals surface area contributed by atoms with Gasteiger partial charge in [0.15, 0.2) is 0 Å². The van der Waals surface area contributed by atoms with Gasteiger partial charge in [-0.15, -0.1) is 0 Å². The second-order valence-corrected chi connectivity index (χ2v) is 9.88. The van der Waals surface area contributed by atoms with Gasteiger partial charge in [0.25, 0.3) is 0 Å². The smallest absolute Gasteiger partial charge is 0.326 e. The number of nitrogens with one attached hydrogen (secondary N) is 4. The molecule has 0 aliphatic rings. The Morgan fingerprint density at radius 1 is 0.925 bits per heavy atom. The minimum absolute atomic E-state index is 0.0860. The van der Waals surface area contributed by atoms with E-state index in [2.05, 4.69) is 20.9 Å². The van der Waals surface area contributed by atoms with Crippen LogP contribution < -0.4 is 27.4 Å². The highest BCUT2D eigenvalue weighted by Gasteiger charge is 2.32. The fraction of sp³-hybridized carbons (Fsp3) is 0.519. The summed E-state index contributed by atoms with van der Waals surface area (Å²) in [5, 5.41) is 26.7. The summed E-state index contributed by atoms with van der Waals surface area (Å²) in [7, 11) is 0. The van der Waals surface area contributed by atoms with Crippen LogP contribution in [0.3, 0.4) is 0 Å². The van der Waals surface area contributed by atoms with Crippen LogP contribution in [0.2, 0.25) is 0 Å². The number of aromatic nitrogens is 1. The molecular formula is C27H40N6O7. The molecule has 5 unspecified atom stereocenters. The topological polar surface area (TPSA) is 230 Å². The number of aliphatic carboxylic acids is 2. The average Bonchev–Trinajstić information content (AvgIpc) is 3.33. The zero-order valence-electron chi connectivity index (χ0n) is 22.8. The van der Waals surface area contributed by atoms with E-state index in [4.69, 9.17) is 16.6 Å². The van der Waals surface area contributed by atoms with Crippen molar-refractivity contribution in [2.24, 2.45) is 17.4 Å². The lowest BCUT2D eigenvalue weighted by Gasteiger charge is -2.26. The van der Waals surface area contributed by atoms with Crippen molar-refractivity contribution in [3.8, 4) is 0 Å². The number of carbonyl (C=O) groups is 5. The molecule has 1 heterocycles. The zero-order valence-corrected chi connectivity index (χ0v) is 22.8. The number of H-pyrrole nitrogens is 1. The Morgan fingerprint density at radius 3 is 2.17 bits per heavy atom. The number of para-hydroxylation sites is 1. The second-order valence-electron chi connectivity index (χ2n) is 9.88. The third-order valence-electron chi connectivity index (χ3n) is 6.86. The van der Waals surface area contributed by atoms with Crippen LogP contribution in [0.25, 0.3) is 10.9 Å². The fourth-order valence-electron chi connectivity index (χ4n) is 4.19. The number of carbonyl (C=O) groups excluding carboxylic acids is 3. The molecule has 10 N–H and O–H groups in total. The summed E-state index contributed by atoms with van der Waals surface area (Å²) in [5.74, 6) is -5.12. The lowest BCUT2D eigenvalue weighted by molar-refractivity contribution is -0.147. The molecule has 0 spiro atoms. The number of nitrogens with two attached hydrogens (primary N) is 2. The third-order valence-corrected chi connectivity index (χ3v) is 6.86. The Morgan fingerprint density at radius 2 is 1.55 bits per heavy atom. The monoisotopic (exact) mass is 560 g/mol. The van der Waals surface area contributed by atoms with Crippen LogP contribution in [0, 0.1) is 5.92 Å². The molecule has 5 atom stereocenters. The van der Waals surface area contributed by atoms with Crippen molar-refractivity contribution in [3.05, 3.63) is 36.0 Å². The van der Waals surface area contributed by atoms with Gasteiger partial charge in [-0.2, -0.15) is 0 Å². The molecule has 13 nitrogen and oxygen atoms in total. The molecule has 0 aliphatic carbocycles. The molecule has 0 aliphatic heterocycles. The number of unbranched alkanes of at least 4 members (excludes halogenated alkanes) is 1. The molecule has 0 bridgehead atoms. The Hall–Kier alpha value is -3.97. The first-order valence-electron chi connectivity index (χ1n) is 13.3. The second kappa shape index (κ2) is 15.6. The average molecular weight is 561 g/mol. The Bertz CT molecular complexity index is 1180. The number of amides is 3. The maximum Gasteiger partial charge on any atom is 0.326 e. The van der Waals surface area contributed by atoms with Gasteiger partial charge in [0.2, 0.25) is 17.7 Å². The van der Waals surface area contributed by atoms with Crippen LogP contribution >= 0.6 is 0 Å². The Balaban J connectivity index is 2.32. The number of hydrogen-bond acceptors (Lipinski definition) is 7. The quantitative estimate of drug-likeness (QED) is 0.124. The summed E-state index contributed by atoms with van der Waals surface area (Å²) < 4.78 is 0. The number of benzene rings is 1. The molecule has 2 rings (SSSR count). The van der Waals surface area contributed by atoms with Crippen LogP contribution in [0.4, 0.5) is 0 Å². The van der Waals surface area contributed by atoms with Crippen LogP contribution in [0.15, 0.2) is 30.5 Å². The zero-order chi connectivity index (χ0) is 29.8. The van der Waals surface area contributed by atoms with E-state index in [9.17, 15) is 29.1 Å². The predicted molar refractivity (Wildman–Crippen MR) is 148 cm³/mol. The maximum absolute atomic E-state index is 13.6. The molecule has 13 heteroatoms. The summed E-state index contributed by atoms with van der Waals surface area (Å²) in [5.41, 5.74) is 13.3. The molecule has 220 valence electrons. The molecule has 40 heavy (non-hydrogen) atoms. The third kappa shape index (κ3) is 9.35. The molecule has 0 fully saturated rings. The van der Waals surface area contributed by atoms with Crippen molar-refractivity contribution in [3.63, 3.8) is 0 Å². The van der Waals surface area contributed by atoms with E-state index in [0.717, 1.165) is 16.5 Å². The van der Waals surface area contributed by atoms with Gasteiger partial charge in [0.05, 0.1) is 12.5 Å². The molecule has 0 saturated heterocycles. The van der Waals surface area contributed by atoms with Crippen molar-refractivity contribution in [1.82, 2.24) is 20.9 Å². The number of hydrogen-bond donors (Lipinski definition) is 8. The van der Waals surface area contributed by atoms with Gasteiger partial charge in [-0.05, 0) is 43.4 Å². The summed E-state index contributed by atoms with van der Waals surface area (Å²) >= 11 is 0. The number of carboxylic acid groups (broad SMARTS) is 2. The van der Waals surface area contributed by atoms with E-state index >= 15 is 0 Å². The van der Waals surface area contributed by atoms with E-state index in [-0.39, 0.29) is 18.8 Å². The molecule has 3 amide bonds. The van der Waals surface area contributed by atoms with Crippen LogP contribution in [-0.2, 0) is 30.4 Å². The first-order chi connectivity index (χ1) is 19.0. The fourth-order valence-corrected chi connectivity index (χ4v) is 4.19. The van der Waals surface area contributed by atoms with Crippen molar-refractivity contribution in [2.45, 2.75) is 76.5 Å². The van der Waals surface area contributed by atoms with Gasteiger partial charge in [0, 0.05) is 23.5 Å². The van der Waals surface area contributed by atoms with E-state index in [1.54, 1.807) is 6.20 Å². The minimum Gasteiger partial charge on any atom is -0.481 e. The normalized spacial score (nSPS) is 14.9. The van der Waals surface area contributed by atoms with Crippen LogP contribution in [0.5, 0.6) is 0 Å². The lowest BCUT2D eigenvalue weighted by atomic mass is 9.98. The van der Waals surface area contributed by atoms with Gasteiger partial charge in [0.1, 0.15) is 18.1 Å². The molecule has 0 saturated carbocycles. The first kappa shape index (κ1) is 32.2. The Labute approximate surface area is 232 Å². The summed E-state index contributed by atoms with van der Waals surface area (Å²) in [6, 6.07) is 2.60. The molecule has 1 aromatic heterocycles. The van der Waals surface area contributed by atoms with Gasteiger partial charge in [-0.3, -0.25) is 19.2 Å². The SMILES string of the molecule is CCC(C)C(N)C(=O)NC(Cc1c[nH]c2ccccc12)C(=O)NC(CCCCN)C(=O)NC(CC(=O)O)C(=O)O. The maximum atomic E-state index is 13.6. The largest absolute Gasteiger partial charge is 0.481 e. The minimum atomic E-state index is -1.69. The lowest BCUT2D eigenvalue weighted by Crippen LogP contribution is -2.58. The van der Waals surface area contributed by atoms with Gasteiger partial charge < -0.3 is 42.6 Å². The van der Waals surface area contributed by atoms with Crippen molar-refractivity contribution in [1.29, 1.82) is 0 Å². The highest BCUT2D eigenvalue weighted by molar-refractivity contribution is 5.95. The van der Waals surface area contributed by atoms with E-state index < -0.39 is 60.2 Å². The van der Waals surface area contributed by atoms with Crippen molar-refractivity contribution < 1.29 is 34.2 Å². The first-order valence-corrected chi connectivity index (χ1v) is 13.3. The highest BCUT2D eigenvalue weighted by atomic mass is 16.4. The number of carboxylic acids is 2. The standard InChI is InChI=1S/C27H40N6O7/c1-3-15(2)23(29)26(38)32-20(12-16-14-30-18-9-5-4-8-17(16)18)25(37)31-19(10-6-7-11-28)24(36)33-21(27(39)40)13-22(34)35/h4-5,8-9,14-15,19-21,23,30H,3,6-7,10-13,28-29H2,1-2H3,(H,31,37)(H,32,38)(H,33,36)(H,34,35)(H,39,40). The predicted octanol–water partition coefficient (Wildman–Crippen LogP) is 0.227. The molecule has 0 radical (unpaired) electrons. The molecule has 1 aromatic carbocycles. The van der Waals surface area contributed by atoms with E-state index in [0.29, 0.717) is 25.8 Å². The van der Waals surface area contributed by atoms with Crippen LogP contribution in [0.1, 0.15) is 51.5 Å². The van der Waals surface area contributed by atoms with E-state index in [1.807, 2.05) is 38.1 Å². The van der Waals surface area contributed by atoms with Gasteiger partial charge in [-0.1, -0.05) is 38.5 Å². The van der Waals surface area contributed by atoms with Crippen LogP contribution in [-0.4, -0.2) is 75.6 Å². The van der Waals surface area contributed by atoms with E-state index in [1.165, 1.54) is 0 Å². The van der Waals surface area contributed by atoms with Gasteiger partial charge >= 0.3 is 11.9 Å². The number of fused-ring (bicyclic) bond motifs is 1. The highest BCUT2D eigenvalue weighted by Crippen LogP contribution is 2.19. The van der Waals surface area contributed by atoms with Crippen molar-refractivity contribution in [2.75, 3.05) is 6.54 Å². The van der Waals surface area contributed by atoms with Crippen molar-refractivity contribution >= 4 is 40.6 Å². The summed E-state index contributed by atoms with van der Waals surface area (Å²) in [4.78, 5) is 65.2. The number of aromatic amines is 1. The molecular weight excluding hydrogens is 520 g/mol. The summed E-state index contributed by atoms with van der Waals surface area (Å²) in [6.45, 7) is 4.06. The van der Waals surface area contributed by atoms with Gasteiger partial charge in [-0.25, -0.2) is 4.79 Å². The summed E-state index contributed by atoms with van der Waals surface area (Å²) in [6.07, 6.45) is 2.73. The molecule has 2 aromatic rings.